The third kappa shape index (κ3) is 4.79. The zero-order valence-corrected chi connectivity index (χ0v) is 21.5. The highest BCUT2D eigenvalue weighted by Crippen LogP contribution is 2.37. The maximum atomic E-state index is 13.3. The smallest absolute Gasteiger partial charge is 0.156 e. The van der Waals surface area contributed by atoms with Crippen LogP contribution < -0.4 is 4.90 Å². The normalized spacial score (nSPS) is 21.4. The standard InChI is InChI=1S/C25H34N6O3S/c1-4-35(32,5-2)29-20-16-19-9-11-26-24(21-10-12-27-31(21)22-8-6-7-14-34-22)23(19)28-25(20)30-13-15-33-17-18(30)3/h9-12,16,18,22H,4-8,13-15,17H2,1-3H3/t18-,22?/m1/s1. The number of nitrogens with zero attached hydrogens (tertiary/aromatic N) is 6. The van der Waals surface area contributed by atoms with Gasteiger partial charge in [0.05, 0.1) is 34.7 Å². The van der Waals surface area contributed by atoms with E-state index in [0.717, 1.165) is 54.0 Å². The number of anilines is 1. The fraction of sp³-hybridized carbons (Fsp3) is 0.560. The molecule has 0 spiro atoms. The fourth-order valence-corrected chi connectivity index (χ4v) is 5.91. The number of hydrogen-bond donors (Lipinski definition) is 0. The highest BCUT2D eigenvalue weighted by atomic mass is 32.2. The Labute approximate surface area is 207 Å². The zero-order valence-electron chi connectivity index (χ0n) is 20.7. The Morgan fingerprint density at radius 3 is 2.77 bits per heavy atom. The van der Waals surface area contributed by atoms with Crippen molar-refractivity contribution in [1.82, 2.24) is 19.7 Å². The third-order valence-electron chi connectivity index (χ3n) is 6.84. The van der Waals surface area contributed by atoms with Gasteiger partial charge in [0.2, 0.25) is 0 Å². The summed E-state index contributed by atoms with van der Waals surface area (Å²) in [7, 11) is -2.36. The fourth-order valence-electron chi connectivity index (χ4n) is 4.75. The first-order valence-corrected chi connectivity index (χ1v) is 14.4. The minimum absolute atomic E-state index is 0.0994. The molecule has 10 heteroatoms. The molecule has 2 atom stereocenters. The second kappa shape index (κ2) is 10.2. The van der Waals surface area contributed by atoms with Crippen LogP contribution in [0, 0.1) is 0 Å². The van der Waals surface area contributed by atoms with Crippen LogP contribution in [-0.4, -0.2) is 67.9 Å². The molecule has 2 fully saturated rings. The monoisotopic (exact) mass is 498 g/mol. The molecule has 9 nitrogen and oxygen atoms in total. The van der Waals surface area contributed by atoms with Crippen molar-refractivity contribution in [2.75, 3.05) is 42.8 Å². The number of pyridine rings is 2. The molecule has 0 aromatic carbocycles. The minimum Gasteiger partial charge on any atom is -0.377 e. The molecule has 0 saturated carbocycles. The summed E-state index contributed by atoms with van der Waals surface area (Å²) in [4.78, 5) is 12.1. The summed E-state index contributed by atoms with van der Waals surface area (Å²) >= 11 is 0. The number of hydrogen-bond acceptors (Lipinski definition) is 8. The van der Waals surface area contributed by atoms with Gasteiger partial charge in [-0.1, -0.05) is 13.8 Å². The van der Waals surface area contributed by atoms with Crippen LogP contribution >= 0.6 is 0 Å². The maximum absolute atomic E-state index is 13.3. The Hall–Kier alpha value is -2.56. The van der Waals surface area contributed by atoms with E-state index in [1.54, 1.807) is 12.4 Å². The molecule has 2 aliphatic heterocycles. The summed E-state index contributed by atoms with van der Waals surface area (Å²) in [6, 6.07) is 6.05. The van der Waals surface area contributed by atoms with Crippen molar-refractivity contribution in [2.24, 2.45) is 4.36 Å². The second-order valence-electron chi connectivity index (χ2n) is 9.10. The minimum atomic E-state index is -2.36. The van der Waals surface area contributed by atoms with Crippen LogP contribution in [-0.2, 0) is 19.2 Å². The van der Waals surface area contributed by atoms with Crippen molar-refractivity contribution in [2.45, 2.75) is 52.3 Å². The predicted molar refractivity (Wildman–Crippen MR) is 139 cm³/mol. The number of fused-ring (bicyclic) bond motifs is 1. The summed E-state index contributed by atoms with van der Waals surface area (Å²) in [5.41, 5.74) is 3.08. The molecule has 5 rings (SSSR count). The van der Waals surface area contributed by atoms with Gasteiger partial charge < -0.3 is 14.4 Å². The molecule has 0 N–H and O–H groups in total. The maximum Gasteiger partial charge on any atom is 0.156 e. The molecule has 3 aromatic heterocycles. The van der Waals surface area contributed by atoms with E-state index < -0.39 is 9.73 Å². The van der Waals surface area contributed by atoms with E-state index in [1.807, 2.05) is 36.7 Å². The zero-order chi connectivity index (χ0) is 24.4. The van der Waals surface area contributed by atoms with Gasteiger partial charge in [-0.25, -0.2) is 13.9 Å². The Bertz CT molecular complexity index is 1300. The van der Waals surface area contributed by atoms with E-state index in [0.29, 0.717) is 37.0 Å². The second-order valence-corrected chi connectivity index (χ2v) is 12.0. The molecule has 35 heavy (non-hydrogen) atoms. The van der Waals surface area contributed by atoms with E-state index >= 15 is 0 Å². The summed E-state index contributed by atoms with van der Waals surface area (Å²) < 4.78 is 31.8. The SMILES string of the molecule is CCS(=O)(CC)=Nc1cc2ccnc(-c3ccnn3C3CCCCO3)c2nc1N1CCOC[C@H]1C. The van der Waals surface area contributed by atoms with Crippen molar-refractivity contribution in [3.05, 3.63) is 30.6 Å². The van der Waals surface area contributed by atoms with Gasteiger partial charge in [0.25, 0.3) is 0 Å². The number of morpholine rings is 1. The lowest BCUT2D eigenvalue weighted by atomic mass is 10.1. The van der Waals surface area contributed by atoms with E-state index in [2.05, 4.69) is 16.9 Å². The van der Waals surface area contributed by atoms with Crippen LogP contribution in [0.3, 0.4) is 0 Å². The van der Waals surface area contributed by atoms with E-state index in [9.17, 15) is 4.21 Å². The van der Waals surface area contributed by atoms with Gasteiger partial charge in [-0.05, 0) is 44.4 Å². The first kappa shape index (κ1) is 24.1. The predicted octanol–water partition coefficient (Wildman–Crippen LogP) is 4.56. The van der Waals surface area contributed by atoms with Crippen molar-refractivity contribution in [1.29, 1.82) is 0 Å². The Morgan fingerprint density at radius 2 is 2.03 bits per heavy atom. The number of aromatic nitrogens is 4. The molecule has 3 aromatic rings. The number of rotatable bonds is 6. The lowest BCUT2D eigenvalue weighted by Crippen LogP contribution is -2.44. The summed E-state index contributed by atoms with van der Waals surface area (Å²) in [6.07, 6.45) is 6.60. The molecular formula is C25H34N6O3S. The topological polar surface area (TPSA) is 94.7 Å². The lowest BCUT2D eigenvalue weighted by molar-refractivity contribution is -0.0383. The Kier molecular flexibility index (Phi) is 7.04. The highest BCUT2D eigenvalue weighted by Gasteiger charge is 2.26. The van der Waals surface area contributed by atoms with Gasteiger partial charge in [-0.15, -0.1) is 0 Å². The molecule has 1 unspecified atom stereocenters. The molecule has 0 radical (unpaired) electrons. The van der Waals surface area contributed by atoms with Gasteiger partial charge in [-0.3, -0.25) is 4.98 Å². The van der Waals surface area contributed by atoms with Crippen LogP contribution in [0.25, 0.3) is 22.3 Å². The average Bonchev–Trinajstić information content (AvgIpc) is 3.38. The van der Waals surface area contributed by atoms with Crippen LogP contribution in [0.4, 0.5) is 11.5 Å². The van der Waals surface area contributed by atoms with Crippen molar-refractivity contribution >= 4 is 32.1 Å². The third-order valence-corrected chi connectivity index (χ3v) is 9.18. The highest BCUT2D eigenvalue weighted by molar-refractivity contribution is 7.93. The molecule has 0 bridgehead atoms. The van der Waals surface area contributed by atoms with Gasteiger partial charge in [0, 0.05) is 42.4 Å². The average molecular weight is 499 g/mol. The largest absolute Gasteiger partial charge is 0.377 e. The quantitative estimate of drug-likeness (QED) is 0.492. The Balaban J connectivity index is 1.70. The van der Waals surface area contributed by atoms with E-state index in [4.69, 9.17) is 23.8 Å². The van der Waals surface area contributed by atoms with E-state index in [-0.39, 0.29) is 12.3 Å². The summed E-state index contributed by atoms with van der Waals surface area (Å²) in [5, 5.41) is 5.48. The molecule has 0 amide bonds. The Morgan fingerprint density at radius 1 is 1.17 bits per heavy atom. The van der Waals surface area contributed by atoms with Gasteiger partial charge >= 0.3 is 0 Å². The van der Waals surface area contributed by atoms with Crippen LogP contribution in [0.2, 0.25) is 0 Å². The first-order valence-electron chi connectivity index (χ1n) is 12.5. The van der Waals surface area contributed by atoms with Gasteiger partial charge in [0.15, 0.2) is 12.0 Å². The van der Waals surface area contributed by atoms with Crippen molar-refractivity contribution < 1.29 is 13.7 Å². The van der Waals surface area contributed by atoms with Gasteiger partial charge in [0.1, 0.15) is 16.9 Å². The molecule has 5 heterocycles. The molecule has 2 aliphatic rings. The molecule has 188 valence electrons. The summed E-state index contributed by atoms with van der Waals surface area (Å²) in [5.74, 6) is 1.74. The van der Waals surface area contributed by atoms with Crippen LogP contribution in [0.1, 0.15) is 46.3 Å². The lowest BCUT2D eigenvalue weighted by Gasteiger charge is -2.35. The number of ether oxygens (including phenoxy) is 2. The van der Waals surface area contributed by atoms with Crippen molar-refractivity contribution in [3.63, 3.8) is 0 Å². The molecule has 2 saturated heterocycles. The van der Waals surface area contributed by atoms with Crippen LogP contribution in [0.5, 0.6) is 0 Å². The van der Waals surface area contributed by atoms with Gasteiger partial charge in [-0.2, -0.15) is 9.46 Å². The van der Waals surface area contributed by atoms with E-state index in [1.165, 1.54) is 0 Å². The van der Waals surface area contributed by atoms with Crippen molar-refractivity contribution in [3.8, 4) is 11.4 Å². The summed E-state index contributed by atoms with van der Waals surface area (Å²) in [6.45, 7) is 8.64. The van der Waals surface area contributed by atoms with Crippen LogP contribution in [0.15, 0.2) is 35.0 Å². The first-order chi connectivity index (χ1) is 17.0. The molecule has 0 aliphatic carbocycles. The molecular weight excluding hydrogens is 464 g/mol.